The maximum atomic E-state index is 4.06. The average Bonchev–Trinajstić information content (AvgIpc) is 2.80. The minimum Gasteiger partial charge on any atom is -0.0916 e. The van der Waals surface area contributed by atoms with E-state index in [2.05, 4.69) is 77.6 Å². The molecule has 2 saturated carbocycles. The van der Waals surface area contributed by atoms with E-state index in [-0.39, 0.29) is 0 Å². The largest absolute Gasteiger partial charge is 0.0916 e. The first kappa shape index (κ1) is 28.2. The van der Waals surface area contributed by atoms with Gasteiger partial charge < -0.3 is 0 Å². The van der Waals surface area contributed by atoms with Crippen LogP contribution in [0.25, 0.3) is 0 Å². The highest BCUT2D eigenvalue weighted by molar-refractivity contribution is 9.12. The van der Waals surface area contributed by atoms with Crippen LogP contribution in [0.2, 0.25) is 0 Å². The van der Waals surface area contributed by atoms with Gasteiger partial charge in [0.1, 0.15) is 0 Å². The lowest BCUT2D eigenvalue weighted by Gasteiger charge is -2.32. The van der Waals surface area contributed by atoms with Gasteiger partial charge >= 0.3 is 0 Å². The van der Waals surface area contributed by atoms with Crippen LogP contribution in [-0.2, 0) is 0 Å². The zero-order valence-electron chi connectivity index (χ0n) is 19.4. The van der Waals surface area contributed by atoms with Crippen molar-refractivity contribution < 1.29 is 0 Å². The fourth-order valence-corrected chi connectivity index (χ4v) is 8.11. The lowest BCUT2D eigenvalue weighted by molar-refractivity contribution is 0.220. The first-order chi connectivity index (χ1) is 14.4. The normalized spacial score (nSPS) is 25.4. The standard InChI is InChI=1S/C26H46Br4/c1-19(21-9-5-3-6-10-21)13-15-24(28)25(29)16-14-23(26(30)18-27)17-20(2)22-11-7-4-8-12-22/h19-26H,3-18H2,1-2H3. The molecule has 2 fully saturated rings. The van der Waals surface area contributed by atoms with Gasteiger partial charge in [-0.25, -0.2) is 0 Å². The third-order valence-electron chi connectivity index (χ3n) is 8.35. The minimum atomic E-state index is 0.596. The van der Waals surface area contributed by atoms with E-state index in [1.807, 2.05) is 0 Å². The van der Waals surface area contributed by atoms with Crippen LogP contribution in [0.15, 0.2) is 0 Å². The highest BCUT2D eigenvalue weighted by Gasteiger charge is 2.28. The molecule has 6 unspecified atom stereocenters. The molecule has 2 rings (SSSR count). The second-order valence-electron chi connectivity index (χ2n) is 10.6. The van der Waals surface area contributed by atoms with Crippen LogP contribution >= 0.6 is 63.7 Å². The van der Waals surface area contributed by atoms with Crippen molar-refractivity contribution in [2.75, 3.05) is 5.33 Å². The number of halogens is 4. The number of hydrogen-bond donors (Lipinski definition) is 0. The van der Waals surface area contributed by atoms with Gasteiger partial charge in [-0.3, -0.25) is 0 Å². The van der Waals surface area contributed by atoms with Crippen molar-refractivity contribution in [2.24, 2.45) is 29.6 Å². The fourth-order valence-electron chi connectivity index (χ4n) is 6.04. The van der Waals surface area contributed by atoms with Gasteiger partial charge in [-0.2, -0.15) is 0 Å². The second-order valence-corrected chi connectivity index (χ2v) is 14.8. The first-order valence-electron chi connectivity index (χ1n) is 12.9. The van der Waals surface area contributed by atoms with Crippen molar-refractivity contribution in [1.82, 2.24) is 0 Å². The van der Waals surface area contributed by atoms with Gasteiger partial charge in [0.2, 0.25) is 0 Å². The molecule has 0 amide bonds. The van der Waals surface area contributed by atoms with Crippen molar-refractivity contribution in [3.8, 4) is 0 Å². The van der Waals surface area contributed by atoms with Crippen LogP contribution in [0.3, 0.4) is 0 Å². The van der Waals surface area contributed by atoms with E-state index in [9.17, 15) is 0 Å². The molecule has 0 aromatic rings. The maximum Gasteiger partial charge on any atom is 0.0271 e. The molecule has 0 radical (unpaired) electrons. The summed E-state index contributed by atoms with van der Waals surface area (Å²) in [5.41, 5.74) is 0. The molecule has 2 aliphatic carbocycles. The molecule has 0 saturated heterocycles. The molecule has 0 aromatic carbocycles. The van der Waals surface area contributed by atoms with E-state index in [4.69, 9.17) is 0 Å². The third-order valence-corrected chi connectivity index (χ3v) is 13.9. The minimum absolute atomic E-state index is 0.596. The predicted octanol–water partition coefficient (Wildman–Crippen LogP) is 10.7. The zero-order valence-corrected chi connectivity index (χ0v) is 25.8. The Morgan fingerprint density at radius 1 is 0.600 bits per heavy atom. The zero-order chi connectivity index (χ0) is 21.9. The average molecular weight is 678 g/mol. The topological polar surface area (TPSA) is 0 Å². The van der Waals surface area contributed by atoms with Crippen LogP contribution in [0.1, 0.15) is 110 Å². The number of alkyl halides is 4. The summed E-state index contributed by atoms with van der Waals surface area (Å²) in [4.78, 5) is 1.81. The van der Waals surface area contributed by atoms with Crippen LogP contribution in [0.4, 0.5) is 0 Å². The van der Waals surface area contributed by atoms with Gasteiger partial charge in [-0.15, -0.1) is 0 Å². The van der Waals surface area contributed by atoms with Gasteiger partial charge in [-0.1, -0.05) is 142 Å². The van der Waals surface area contributed by atoms with Crippen LogP contribution < -0.4 is 0 Å². The van der Waals surface area contributed by atoms with Gasteiger partial charge in [0.15, 0.2) is 0 Å². The Kier molecular flexibility index (Phi) is 14.8. The van der Waals surface area contributed by atoms with Gasteiger partial charge in [0.25, 0.3) is 0 Å². The summed E-state index contributed by atoms with van der Waals surface area (Å²) in [5.74, 6) is 4.52. The van der Waals surface area contributed by atoms with Crippen LogP contribution in [0.5, 0.6) is 0 Å². The second kappa shape index (κ2) is 15.8. The highest BCUT2D eigenvalue weighted by atomic mass is 79.9. The Balaban J connectivity index is 1.74. The van der Waals surface area contributed by atoms with Crippen molar-refractivity contribution in [3.63, 3.8) is 0 Å². The van der Waals surface area contributed by atoms with Gasteiger partial charge in [0, 0.05) is 19.8 Å². The molecule has 6 atom stereocenters. The van der Waals surface area contributed by atoms with E-state index >= 15 is 0 Å². The molecule has 30 heavy (non-hydrogen) atoms. The van der Waals surface area contributed by atoms with E-state index in [0.717, 1.165) is 34.9 Å². The van der Waals surface area contributed by atoms with E-state index < -0.39 is 0 Å². The molecule has 4 heteroatoms. The summed E-state index contributed by atoms with van der Waals surface area (Å²) in [7, 11) is 0. The maximum absolute atomic E-state index is 4.06. The Labute approximate surface area is 221 Å². The van der Waals surface area contributed by atoms with Crippen LogP contribution in [-0.4, -0.2) is 19.8 Å². The predicted molar refractivity (Wildman–Crippen MR) is 150 cm³/mol. The smallest absolute Gasteiger partial charge is 0.0271 e. The lowest BCUT2D eigenvalue weighted by Crippen LogP contribution is -2.25. The molecule has 0 heterocycles. The van der Waals surface area contributed by atoms with Gasteiger partial charge in [-0.05, 0) is 61.7 Å². The summed E-state index contributed by atoms with van der Waals surface area (Å²) < 4.78 is 0. The summed E-state index contributed by atoms with van der Waals surface area (Å²) in [6, 6.07) is 0. The molecule has 0 bridgehead atoms. The number of hydrogen-bond acceptors (Lipinski definition) is 0. The fraction of sp³-hybridized carbons (Fsp3) is 1.00. The molecule has 2 aliphatic rings. The quantitative estimate of drug-likeness (QED) is 0.170. The van der Waals surface area contributed by atoms with Crippen molar-refractivity contribution in [2.45, 2.75) is 125 Å². The Morgan fingerprint density at radius 2 is 1.07 bits per heavy atom. The van der Waals surface area contributed by atoms with Crippen molar-refractivity contribution >= 4 is 63.7 Å². The molecule has 0 spiro atoms. The lowest BCUT2D eigenvalue weighted by atomic mass is 9.76. The third kappa shape index (κ3) is 10.0. The Morgan fingerprint density at radius 3 is 1.57 bits per heavy atom. The summed E-state index contributed by atoms with van der Waals surface area (Å²) >= 11 is 15.9. The molecule has 0 nitrogen and oxygen atoms in total. The molecule has 178 valence electrons. The summed E-state index contributed by atoms with van der Waals surface area (Å²) in [6.07, 6.45) is 21.4. The van der Waals surface area contributed by atoms with Gasteiger partial charge in [0.05, 0.1) is 0 Å². The van der Waals surface area contributed by atoms with Crippen molar-refractivity contribution in [3.05, 3.63) is 0 Å². The first-order valence-corrected chi connectivity index (χ1v) is 16.8. The number of rotatable bonds is 13. The molecule has 0 aromatic heterocycles. The highest BCUT2D eigenvalue weighted by Crippen LogP contribution is 2.38. The Bertz CT molecular complexity index is 431. The molecule has 0 aliphatic heterocycles. The summed E-state index contributed by atoms with van der Waals surface area (Å²) in [6.45, 7) is 5.04. The monoisotopic (exact) mass is 674 g/mol. The van der Waals surface area contributed by atoms with Crippen LogP contribution in [0, 0.1) is 29.6 Å². The molecule has 0 N–H and O–H groups in total. The van der Waals surface area contributed by atoms with Crippen molar-refractivity contribution in [1.29, 1.82) is 0 Å². The molecular weight excluding hydrogens is 632 g/mol. The van der Waals surface area contributed by atoms with E-state index in [1.165, 1.54) is 96.3 Å². The van der Waals surface area contributed by atoms with E-state index in [1.54, 1.807) is 0 Å². The van der Waals surface area contributed by atoms with E-state index in [0.29, 0.717) is 14.5 Å². The Hall–Kier alpha value is 1.92. The molecular formula is C26H46Br4. The SMILES string of the molecule is CC(CCC(Br)C(Br)CCC(CC(C)C1CCCCC1)C(Br)CBr)C1CCCCC1. The summed E-state index contributed by atoms with van der Waals surface area (Å²) in [5, 5.41) is 1.07.